The number of rotatable bonds is 5. The van der Waals surface area contributed by atoms with Gasteiger partial charge in [0.2, 0.25) is 11.7 Å². The highest BCUT2D eigenvalue weighted by Gasteiger charge is 2.21. The number of ether oxygens (including phenoxy) is 3. The maximum atomic E-state index is 11.7. The normalized spacial score (nSPS) is 14.4. The van der Waals surface area contributed by atoms with Gasteiger partial charge < -0.3 is 23.9 Å². The van der Waals surface area contributed by atoms with E-state index in [0.717, 1.165) is 45.1 Å². The first kappa shape index (κ1) is 19.2. The van der Waals surface area contributed by atoms with Crippen molar-refractivity contribution in [3.8, 4) is 28.6 Å². The average molecular weight is 418 g/mol. The number of carbonyl (C=O) groups excluding carboxylic acids is 1. The van der Waals surface area contributed by atoms with Crippen molar-refractivity contribution in [2.45, 2.75) is 12.8 Å². The molecule has 2 aromatic carbocycles. The van der Waals surface area contributed by atoms with E-state index in [1.807, 2.05) is 36.4 Å². The second kappa shape index (κ2) is 7.50. The first-order valence-electron chi connectivity index (χ1n) is 10.0. The monoisotopic (exact) mass is 418 g/mol. The molecule has 0 fully saturated rings. The molecule has 3 heterocycles. The Bertz CT molecular complexity index is 1300. The highest BCUT2D eigenvalue weighted by molar-refractivity contribution is 5.99. The van der Waals surface area contributed by atoms with Crippen molar-refractivity contribution in [1.82, 2.24) is 0 Å². The number of hydrogen-bond acceptors (Lipinski definition) is 6. The molecule has 158 valence electrons. The number of fused-ring (bicyclic) bond motifs is 2. The molecule has 1 N–H and O–H groups in total. The largest absolute Gasteiger partial charge is 0.493 e. The zero-order valence-electron chi connectivity index (χ0n) is 17.6. The summed E-state index contributed by atoms with van der Waals surface area (Å²) in [5.74, 6) is 2.34. The number of nitrogens with one attached hydrogen (secondary N) is 1. The van der Waals surface area contributed by atoms with Gasteiger partial charge in [0, 0.05) is 29.4 Å². The summed E-state index contributed by atoms with van der Waals surface area (Å²) in [5, 5.41) is 3.74. The molecule has 3 aromatic rings. The third-order valence-electron chi connectivity index (χ3n) is 5.66. The van der Waals surface area contributed by atoms with Crippen LogP contribution in [0.4, 0.5) is 5.69 Å². The highest BCUT2D eigenvalue weighted by atomic mass is 16.5. The molecule has 0 saturated carbocycles. The third-order valence-corrected chi connectivity index (χ3v) is 5.66. The van der Waals surface area contributed by atoms with E-state index >= 15 is 0 Å². The summed E-state index contributed by atoms with van der Waals surface area (Å²) in [7, 11) is 4.74. The molecule has 0 atom stereocenters. The minimum Gasteiger partial charge on any atom is -0.493 e. The lowest BCUT2D eigenvalue weighted by Crippen LogP contribution is -2.27. The van der Waals surface area contributed by atoms with Crippen LogP contribution in [-0.4, -0.2) is 33.8 Å². The fraction of sp³-hybridized carbons (Fsp3) is 0.250. The summed E-state index contributed by atoms with van der Waals surface area (Å²) in [5.41, 5.74) is 5.55. The first-order valence-corrected chi connectivity index (χ1v) is 10.0. The summed E-state index contributed by atoms with van der Waals surface area (Å²) in [6.45, 7) is 0.681. The molecular formula is C24H22N2O5. The molecule has 1 aromatic heterocycles. The molecule has 31 heavy (non-hydrogen) atoms. The fourth-order valence-electron chi connectivity index (χ4n) is 4.16. The van der Waals surface area contributed by atoms with E-state index in [9.17, 15) is 4.79 Å². The smallest absolute Gasteiger partial charge is 0.228 e. The number of amides is 1. The fourth-order valence-corrected chi connectivity index (χ4v) is 4.16. The number of anilines is 1. The lowest BCUT2D eigenvalue weighted by Gasteiger charge is -2.13. The molecule has 2 aliphatic heterocycles. The second-order valence-electron chi connectivity index (χ2n) is 7.45. The highest BCUT2D eigenvalue weighted by Crippen LogP contribution is 2.41. The molecule has 0 radical (unpaired) electrons. The maximum absolute atomic E-state index is 11.7. The Labute approximate surface area is 179 Å². The third kappa shape index (κ3) is 3.22. The Balaban J connectivity index is 1.65. The summed E-state index contributed by atoms with van der Waals surface area (Å²) in [6.07, 6.45) is 1.19. The number of benzene rings is 2. The number of carbonyl (C=O) groups is 1. The average Bonchev–Trinajstić information content (AvgIpc) is 3.39. The SMILES string of the molecule is COc1cc(-c2cc3c(o2)=C(c2ccc4c(c2)NC(=O)C4)CCN=3)cc(OC)c1OC. The first-order chi connectivity index (χ1) is 15.1. The van der Waals surface area contributed by atoms with Gasteiger partial charge in [-0.3, -0.25) is 9.79 Å². The maximum Gasteiger partial charge on any atom is 0.228 e. The van der Waals surface area contributed by atoms with Crippen molar-refractivity contribution in [2.24, 2.45) is 4.99 Å². The zero-order chi connectivity index (χ0) is 21.5. The van der Waals surface area contributed by atoms with E-state index in [1.54, 1.807) is 21.3 Å². The van der Waals surface area contributed by atoms with Crippen molar-refractivity contribution in [2.75, 3.05) is 33.2 Å². The predicted molar refractivity (Wildman–Crippen MR) is 115 cm³/mol. The van der Waals surface area contributed by atoms with Crippen LogP contribution in [0.2, 0.25) is 0 Å². The van der Waals surface area contributed by atoms with Crippen LogP contribution in [0.5, 0.6) is 17.2 Å². The Morgan fingerprint density at radius 1 is 0.968 bits per heavy atom. The zero-order valence-corrected chi connectivity index (χ0v) is 17.6. The van der Waals surface area contributed by atoms with Crippen LogP contribution in [0.25, 0.3) is 16.9 Å². The Hall–Kier alpha value is -3.74. The van der Waals surface area contributed by atoms with E-state index in [1.165, 1.54) is 0 Å². The molecule has 0 spiro atoms. The molecule has 0 unspecified atom stereocenters. The molecule has 7 heteroatoms. The lowest BCUT2D eigenvalue weighted by molar-refractivity contribution is -0.115. The molecule has 5 rings (SSSR count). The van der Waals surface area contributed by atoms with Crippen molar-refractivity contribution in [3.63, 3.8) is 0 Å². The van der Waals surface area contributed by atoms with Gasteiger partial charge in [-0.25, -0.2) is 0 Å². The molecule has 7 nitrogen and oxygen atoms in total. The Morgan fingerprint density at radius 3 is 2.45 bits per heavy atom. The van der Waals surface area contributed by atoms with Gasteiger partial charge in [0.05, 0.1) is 27.8 Å². The molecule has 0 bridgehead atoms. The van der Waals surface area contributed by atoms with Gasteiger partial charge in [-0.15, -0.1) is 0 Å². The van der Waals surface area contributed by atoms with E-state index in [-0.39, 0.29) is 5.91 Å². The Kier molecular flexibility index (Phi) is 4.66. The minimum absolute atomic E-state index is 0.0270. The van der Waals surface area contributed by atoms with Crippen LogP contribution in [0.15, 0.2) is 45.8 Å². The number of hydrogen-bond donors (Lipinski definition) is 1. The molecule has 2 aliphatic rings. The molecular weight excluding hydrogens is 396 g/mol. The number of methoxy groups -OCH3 is 3. The Morgan fingerprint density at radius 2 is 1.74 bits per heavy atom. The number of furan rings is 1. The van der Waals surface area contributed by atoms with Crippen LogP contribution >= 0.6 is 0 Å². The van der Waals surface area contributed by atoms with Gasteiger partial charge >= 0.3 is 0 Å². The van der Waals surface area contributed by atoms with Gasteiger partial charge in [0.25, 0.3) is 0 Å². The van der Waals surface area contributed by atoms with Crippen LogP contribution in [0.3, 0.4) is 0 Å². The summed E-state index contributed by atoms with van der Waals surface area (Å²) in [4.78, 5) is 16.4. The van der Waals surface area contributed by atoms with Crippen molar-refractivity contribution in [1.29, 1.82) is 0 Å². The van der Waals surface area contributed by atoms with Crippen molar-refractivity contribution >= 4 is 17.2 Å². The van der Waals surface area contributed by atoms with Gasteiger partial charge in [-0.2, -0.15) is 0 Å². The van der Waals surface area contributed by atoms with Crippen LogP contribution in [0.1, 0.15) is 17.5 Å². The lowest BCUT2D eigenvalue weighted by atomic mass is 9.99. The standard InChI is InChI=1S/C24H22N2O5/c1-28-20-9-15(10-21(29-2)24(20)30-3)19-12-18-23(31-19)16(6-7-25-18)13-4-5-14-11-22(27)26-17(14)8-13/h4-5,8-10,12H,6-7,11H2,1-3H3,(H,26,27). The van der Waals surface area contributed by atoms with Crippen LogP contribution in [-0.2, 0) is 11.2 Å². The summed E-state index contributed by atoms with van der Waals surface area (Å²) in [6, 6.07) is 11.7. The second-order valence-corrected chi connectivity index (χ2v) is 7.45. The van der Waals surface area contributed by atoms with Crippen LogP contribution in [0, 0.1) is 0 Å². The van der Waals surface area contributed by atoms with Crippen molar-refractivity contribution < 1.29 is 23.4 Å². The van der Waals surface area contributed by atoms with Crippen LogP contribution < -0.4 is 30.3 Å². The van der Waals surface area contributed by atoms with Crippen molar-refractivity contribution in [3.05, 3.63) is 58.3 Å². The van der Waals surface area contributed by atoms with E-state index in [4.69, 9.17) is 18.6 Å². The molecule has 0 saturated heterocycles. The van der Waals surface area contributed by atoms with Gasteiger partial charge in [-0.1, -0.05) is 12.1 Å². The van der Waals surface area contributed by atoms with E-state index in [0.29, 0.717) is 36.0 Å². The van der Waals surface area contributed by atoms with E-state index < -0.39 is 0 Å². The summed E-state index contributed by atoms with van der Waals surface area (Å²) < 4.78 is 22.7. The quantitative estimate of drug-likeness (QED) is 0.689. The van der Waals surface area contributed by atoms with E-state index in [2.05, 4.69) is 10.3 Å². The van der Waals surface area contributed by atoms with Gasteiger partial charge in [0.15, 0.2) is 16.9 Å². The topological polar surface area (TPSA) is 82.3 Å². The molecule has 1 amide bonds. The predicted octanol–water partition coefficient (Wildman–Crippen LogP) is 2.69. The van der Waals surface area contributed by atoms with Gasteiger partial charge in [-0.05, 0) is 35.7 Å². The summed E-state index contributed by atoms with van der Waals surface area (Å²) >= 11 is 0. The molecule has 0 aliphatic carbocycles. The minimum atomic E-state index is 0.0270. The van der Waals surface area contributed by atoms with Gasteiger partial charge in [0.1, 0.15) is 11.1 Å². The number of nitrogens with zero attached hydrogens (tertiary/aromatic N) is 1.